The highest BCUT2D eigenvalue weighted by Gasteiger charge is 2.28. The fraction of sp³-hybridized carbons (Fsp3) is 0.667. The second-order valence-electron chi connectivity index (χ2n) is 2.17. The van der Waals surface area contributed by atoms with Gasteiger partial charge < -0.3 is 15.2 Å². The number of nitrogens with one attached hydrogen (secondary N) is 1. The molecule has 0 aliphatic carbocycles. The summed E-state index contributed by atoms with van der Waals surface area (Å²) >= 11 is 0. The fourth-order valence-electron chi connectivity index (χ4n) is 0.841. The summed E-state index contributed by atoms with van der Waals surface area (Å²) in [7, 11) is 0. The van der Waals surface area contributed by atoms with Gasteiger partial charge in [-0.3, -0.25) is 9.59 Å². The Morgan fingerprint density at radius 2 is 2.55 bits per heavy atom. The normalized spacial score (nSPS) is 24.5. The van der Waals surface area contributed by atoms with E-state index in [0.717, 1.165) is 0 Å². The molecule has 0 bridgehead atoms. The number of hydrogen-bond donors (Lipinski definition) is 2. The van der Waals surface area contributed by atoms with Gasteiger partial charge in [-0.2, -0.15) is 0 Å². The van der Waals surface area contributed by atoms with E-state index >= 15 is 0 Å². The van der Waals surface area contributed by atoms with Crippen molar-refractivity contribution in [2.75, 3.05) is 19.8 Å². The Kier molecular flexibility index (Phi) is 2.56. The number of aliphatic hydroxyl groups is 1. The summed E-state index contributed by atoms with van der Waals surface area (Å²) in [6.45, 7) is 0.0915. The topological polar surface area (TPSA) is 75.6 Å². The molecular formula is C6H9NO4. The maximum absolute atomic E-state index is 10.8. The largest absolute Gasteiger partial charge is 0.388 e. The molecular weight excluding hydrogens is 150 g/mol. The van der Waals surface area contributed by atoms with Crippen LogP contribution < -0.4 is 5.32 Å². The van der Waals surface area contributed by atoms with Crippen LogP contribution in [0.25, 0.3) is 0 Å². The molecule has 1 aliphatic rings. The first kappa shape index (κ1) is 8.16. The average molecular weight is 159 g/mol. The number of morpholine rings is 1. The Balaban J connectivity index is 2.54. The third kappa shape index (κ3) is 1.75. The lowest BCUT2D eigenvalue weighted by Crippen LogP contribution is -2.49. The first-order valence-electron chi connectivity index (χ1n) is 3.28. The molecule has 1 amide bonds. The zero-order valence-corrected chi connectivity index (χ0v) is 5.87. The van der Waals surface area contributed by atoms with Gasteiger partial charge in [-0.25, -0.2) is 0 Å². The monoisotopic (exact) mass is 159 g/mol. The lowest BCUT2D eigenvalue weighted by molar-refractivity contribution is -0.149. The number of amides is 1. The molecule has 0 radical (unpaired) electrons. The number of aliphatic hydroxyl groups excluding tert-OH is 1. The van der Waals surface area contributed by atoms with Gasteiger partial charge in [-0.1, -0.05) is 0 Å². The van der Waals surface area contributed by atoms with Crippen LogP contribution in [0.2, 0.25) is 0 Å². The zero-order valence-electron chi connectivity index (χ0n) is 5.87. The lowest BCUT2D eigenvalue weighted by atomic mass is 10.2. The lowest BCUT2D eigenvalue weighted by Gasteiger charge is -2.20. The van der Waals surface area contributed by atoms with E-state index < -0.39 is 24.4 Å². The highest BCUT2D eigenvalue weighted by molar-refractivity contribution is 6.05. The standard InChI is InChI=1S/C6H9NO4/c8-3-4(9)5-6(10)7-1-2-11-5/h5,8H,1-3H2,(H,7,10). The molecule has 0 aromatic heterocycles. The second kappa shape index (κ2) is 3.45. The van der Waals surface area contributed by atoms with Gasteiger partial charge in [0.25, 0.3) is 5.91 Å². The highest BCUT2D eigenvalue weighted by atomic mass is 16.5. The predicted octanol–water partition coefficient (Wildman–Crippen LogP) is -1.94. The van der Waals surface area contributed by atoms with Crippen molar-refractivity contribution in [2.24, 2.45) is 0 Å². The van der Waals surface area contributed by atoms with Gasteiger partial charge in [0.15, 0.2) is 11.9 Å². The fourth-order valence-corrected chi connectivity index (χ4v) is 0.841. The van der Waals surface area contributed by atoms with Crippen LogP contribution in [-0.4, -0.2) is 42.7 Å². The molecule has 0 saturated carbocycles. The minimum absolute atomic E-state index is 0.322. The van der Waals surface area contributed by atoms with Gasteiger partial charge in [0.2, 0.25) is 0 Å². The number of hydrogen-bond acceptors (Lipinski definition) is 4. The molecule has 62 valence electrons. The van der Waals surface area contributed by atoms with E-state index in [1.807, 2.05) is 0 Å². The van der Waals surface area contributed by atoms with Crippen LogP contribution in [-0.2, 0) is 14.3 Å². The molecule has 1 unspecified atom stereocenters. The molecule has 0 aromatic rings. The molecule has 5 heteroatoms. The molecule has 1 aliphatic heterocycles. The highest BCUT2D eigenvalue weighted by Crippen LogP contribution is 1.98. The first-order valence-corrected chi connectivity index (χ1v) is 3.28. The van der Waals surface area contributed by atoms with Crippen molar-refractivity contribution in [3.63, 3.8) is 0 Å². The van der Waals surface area contributed by atoms with E-state index in [4.69, 9.17) is 9.84 Å². The number of carbonyl (C=O) groups is 2. The molecule has 1 heterocycles. The Labute approximate surface area is 63.3 Å². The molecule has 5 nitrogen and oxygen atoms in total. The van der Waals surface area contributed by atoms with E-state index in [-0.39, 0.29) is 0 Å². The Morgan fingerprint density at radius 3 is 3.09 bits per heavy atom. The summed E-state index contributed by atoms with van der Waals surface area (Å²) in [4.78, 5) is 21.6. The van der Waals surface area contributed by atoms with E-state index in [9.17, 15) is 9.59 Å². The van der Waals surface area contributed by atoms with E-state index in [2.05, 4.69) is 5.32 Å². The molecule has 1 atom stereocenters. The molecule has 1 rings (SSSR count). The van der Waals surface area contributed by atoms with Crippen LogP contribution in [0.5, 0.6) is 0 Å². The van der Waals surface area contributed by atoms with E-state index in [0.29, 0.717) is 13.2 Å². The Bertz CT molecular complexity index is 171. The van der Waals surface area contributed by atoms with Crippen molar-refractivity contribution in [1.29, 1.82) is 0 Å². The van der Waals surface area contributed by atoms with Gasteiger partial charge in [0.1, 0.15) is 6.61 Å². The average Bonchev–Trinajstić information content (AvgIpc) is 2.04. The minimum Gasteiger partial charge on any atom is -0.388 e. The third-order valence-electron chi connectivity index (χ3n) is 1.37. The summed E-state index contributed by atoms with van der Waals surface area (Å²) in [5, 5.41) is 10.8. The van der Waals surface area contributed by atoms with Crippen LogP contribution >= 0.6 is 0 Å². The minimum atomic E-state index is -1.10. The van der Waals surface area contributed by atoms with Crippen LogP contribution in [0.15, 0.2) is 0 Å². The van der Waals surface area contributed by atoms with Gasteiger partial charge >= 0.3 is 0 Å². The van der Waals surface area contributed by atoms with Crippen LogP contribution in [0.1, 0.15) is 0 Å². The number of ketones is 1. The molecule has 1 fully saturated rings. The Hall–Kier alpha value is -0.940. The summed E-state index contributed by atoms with van der Waals surface area (Å²) in [5.74, 6) is -1.06. The third-order valence-corrected chi connectivity index (χ3v) is 1.37. The van der Waals surface area contributed by atoms with Gasteiger partial charge in [0, 0.05) is 6.54 Å². The second-order valence-corrected chi connectivity index (χ2v) is 2.17. The molecule has 1 saturated heterocycles. The van der Waals surface area contributed by atoms with Crippen molar-refractivity contribution in [2.45, 2.75) is 6.10 Å². The van der Waals surface area contributed by atoms with Gasteiger partial charge in [-0.15, -0.1) is 0 Å². The Morgan fingerprint density at radius 1 is 1.82 bits per heavy atom. The van der Waals surface area contributed by atoms with E-state index in [1.54, 1.807) is 0 Å². The number of ether oxygens (including phenoxy) is 1. The van der Waals surface area contributed by atoms with Crippen molar-refractivity contribution in [3.05, 3.63) is 0 Å². The number of rotatable bonds is 2. The summed E-state index contributed by atoms with van der Waals surface area (Å²) < 4.78 is 4.82. The molecule has 0 aromatic carbocycles. The van der Waals surface area contributed by atoms with Crippen molar-refractivity contribution in [1.82, 2.24) is 5.32 Å². The summed E-state index contributed by atoms with van der Waals surface area (Å²) in [6, 6.07) is 0. The SMILES string of the molecule is O=C(CO)C1OCCNC1=O. The summed E-state index contributed by atoms with van der Waals surface area (Å²) in [5.41, 5.74) is 0. The van der Waals surface area contributed by atoms with Crippen LogP contribution in [0.3, 0.4) is 0 Å². The van der Waals surface area contributed by atoms with Crippen molar-refractivity contribution < 1.29 is 19.4 Å². The quantitative estimate of drug-likeness (QED) is 0.460. The molecule has 11 heavy (non-hydrogen) atoms. The number of Topliss-reactive ketones (excluding diaryl/α,β-unsaturated/α-hetero) is 1. The molecule has 2 N–H and O–H groups in total. The van der Waals surface area contributed by atoms with E-state index in [1.165, 1.54) is 0 Å². The van der Waals surface area contributed by atoms with Crippen molar-refractivity contribution in [3.8, 4) is 0 Å². The maximum atomic E-state index is 10.8. The van der Waals surface area contributed by atoms with Gasteiger partial charge in [0.05, 0.1) is 6.61 Å². The van der Waals surface area contributed by atoms with Gasteiger partial charge in [-0.05, 0) is 0 Å². The predicted molar refractivity (Wildman–Crippen MR) is 34.8 cm³/mol. The van der Waals surface area contributed by atoms with Crippen molar-refractivity contribution >= 4 is 11.7 Å². The first-order chi connectivity index (χ1) is 5.25. The summed E-state index contributed by atoms with van der Waals surface area (Å²) in [6.07, 6.45) is -1.10. The zero-order chi connectivity index (χ0) is 8.27. The van der Waals surface area contributed by atoms with Crippen LogP contribution in [0.4, 0.5) is 0 Å². The maximum Gasteiger partial charge on any atom is 0.257 e. The molecule has 0 spiro atoms. The van der Waals surface area contributed by atoms with Crippen LogP contribution in [0, 0.1) is 0 Å². The smallest absolute Gasteiger partial charge is 0.257 e. The number of carbonyl (C=O) groups excluding carboxylic acids is 2.